The fraction of sp³-hybridized carbons (Fsp3) is 0.0556. The first-order valence-corrected chi connectivity index (χ1v) is 6.46. The van der Waals surface area contributed by atoms with Gasteiger partial charge in [0.05, 0.1) is 6.54 Å². The third-order valence-corrected chi connectivity index (χ3v) is 3.63. The summed E-state index contributed by atoms with van der Waals surface area (Å²) in [4.78, 5) is 4.72. The van der Waals surface area contributed by atoms with Crippen molar-refractivity contribution in [3.05, 3.63) is 83.4 Å². The predicted molar refractivity (Wildman–Crippen MR) is 78.6 cm³/mol. The maximum atomic E-state index is 4.72. The van der Waals surface area contributed by atoms with E-state index in [1.54, 1.807) is 0 Å². The van der Waals surface area contributed by atoms with Crippen molar-refractivity contribution in [1.82, 2.24) is 0 Å². The molecule has 0 saturated heterocycles. The van der Waals surface area contributed by atoms with Gasteiger partial charge in [-0.3, -0.25) is 4.99 Å². The average Bonchev–Trinajstić information content (AvgIpc) is 2.90. The van der Waals surface area contributed by atoms with Crippen LogP contribution in [-0.4, -0.2) is 5.71 Å². The van der Waals surface area contributed by atoms with Crippen molar-refractivity contribution in [3.8, 4) is 0 Å². The summed E-state index contributed by atoms with van der Waals surface area (Å²) in [6, 6.07) is 24.3. The van der Waals surface area contributed by atoms with Gasteiger partial charge in [-0.25, -0.2) is 0 Å². The van der Waals surface area contributed by atoms with Gasteiger partial charge >= 0.3 is 0 Å². The van der Waals surface area contributed by atoms with Crippen LogP contribution in [0.4, 0.5) is 0 Å². The molecule has 3 aromatic rings. The van der Waals surface area contributed by atoms with Crippen molar-refractivity contribution in [2.24, 2.45) is 4.99 Å². The monoisotopic (exact) mass is 331 g/mol. The van der Waals surface area contributed by atoms with Gasteiger partial charge in [0.1, 0.15) is 0 Å². The molecule has 1 heterocycles. The number of benzene rings is 3. The van der Waals surface area contributed by atoms with Crippen LogP contribution in [0.1, 0.15) is 16.7 Å². The molecule has 0 atom stereocenters. The predicted octanol–water partition coefficient (Wildman–Crippen LogP) is 3.99. The van der Waals surface area contributed by atoms with E-state index in [1.807, 2.05) is 12.1 Å². The first-order chi connectivity index (χ1) is 9.43. The molecule has 0 bridgehead atoms. The molecule has 2 heteroatoms. The fourth-order valence-electron chi connectivity index (χ4n) is 2.72. The molecule has 4 rings (SSSR count). The topological polar surface area (TPSA) is 12.4 Å². The van der Waals surface area contributed by atoms with Gasteiger partial charge in [-0.2, -0.15) is 0 Å². The largest absolute Gasteiger partial charge is 0.289 e. The first kappa shape index (κ1) is 13.7. The Labute approximate surface area is 143 Å². The second-order valence-electron chi connectivity index (χ2n) is 4.76. The van der Waals surface area contributed by atoms with Gasteiger partial charge in [0, 0.05) is 38.4 Å². The summed E-state index contributed by atoms with van der Waals surface area (Å²) in [5.74, 6) is 0. The summed E-state index contributed by atoms with van der Waals surface area (Å²) in [6.45, 7) is 0.786. The number of rotatable bonds is 1. The van der Waals surface area contributed by atoms with E-state index in [4.69, 9.17) is 4.99 Å². The van der Waals surface area contributed by atoms with Gasteiger partial charge in [0.15, 0.2) is 0 Å². The minimum Gasteiger partial charge on any atom is -0.289 e. The maximum Gasteiger partial charge on any atom is 0.0644 e. The van der Waals surface area contributed by atoms with Crippen molar-refractivity contribution in [2.75, 3.05) is 0 Å². The molecule has 0 fully saturated rings. The van der Waals surface area contributed by atoms with Gasteiger partial charge in [0.2, 0.25) is 0 Å². The Bertz CT molecular complexity index is 800. The first-order valence-electron chi connectivity index (χ1n) is 6.46. The molecular weight excluding hydrogens is 319 g/mol. The molecule has 0 saturated carbocycles. The van der Waals surface area contributed by atoms with E-state index in [1.165, 1.54) is 22.1 Å². The molecule has 1 aliphatic rings. The Hall–Kier alpha value is -1.31. The average molecular weight is 331 g/mol. The molecule has 0 amide bonds. The van der Waals surface area contributed by atoms with E-state index in [2.05, 4.69) is 54.6 Å². The van der Waals surface area contributed by atoms with E-state index in [0.717, 1.165) is 17.6 Å². The van der Waals surface area contributed by atoms with Crippen LogP contribution in [-0.2, 0) is 39.3 Å². The van der Waals surface area contributed by atoms with E-state index < -0.39 is 0 Å². The minimum atomic E-state index is 0. The van der Waals surface area contributed by atoms with Gasteiger partial charge in [-0.15, -0.1) is 35.0 Å². The fourth-order valence-corrected chi connectivity index (χ4v) is 2.72. The number of hydrogen-bond donors (Lipinski definition) is 0. The van der Waals surface area contributed by atoms with Crippen LogP contribution in [0.2, 0.25) is 0 Å². The zero-order valence-electron chi connectivity index (χ0n) is 11.0. The third kappa shape index (κ3) is 2.15. The zero-order valence-corrected chi connectivity index (χ0v) is 13.8. The van der Waals surface area contributed by atoms with Gasteiger partial charge in [-0.1, -0.05) is 48.0 Å². The van der Waals surface area contributed by atoms with Gasteiger partial charge < -0.3 is 0 Å². The number of nitrogens with zero attached hydrogens (tertiary/aromatic N) is 1. The minimum absolute atomic E-state index is 0. The number of hydrogen-bond acceptors (Lipinski definition) is 1. The summed E-state index contributed by atoms with van der Waals surface area (Å²) in [6.07, 6.45) is 0. The summed E-state index contributed by atoms with van der Waals surface area (Å²) in [7, 11) is 0. The third-order valence-electron chi connectivity index (χ3n) is 3.63. The van der Waals surface area contributed by atoms with E-state index in [-0.39, 0.29) is 32.7 Å². The molecule has 1 nitrogen and oxygen atoms in total. The van der Waals surface area contributed by atoms with Crippen molar-refractivity contribution < 1.29 is 32.7 Å². The summed E-state index contributed by atoms with van der Waals surface area (Å²) in [5, 5.41) is 2.37. The van der Waals surface area contributed by atoms with Crippen molar-refractivity contribution in [3.63, 3.8) is 0 Å². The molecule has 93 valence electrons. The SMILES string of the molecule is [Y].[c-]1cccc2cccc(C3=NCc4ccccc43)c12. The Kier molecular flexibility index (Phi) is 3.82. The summed E-state index contributed by atoms with van der Waals surface area (Å²) >= 11 is 0. The Morgan fingerprint density at radius 2 is 1.65 bits per heavy atom. The molecule has 0 spiro atoms. The number of fused-ring (bicyclic) bond motifs is 2. The van der Waals surface area contributed by atoms with Crippen molar-refractivity contribution >= 4 is 16.5 Å². The Morgan fingerprint density at radius 3 is 2.60 bits per heavy atom. The normalized spacial score (nSPS) is 12.7. The van der Waals surface area contributed by atoms with Crippen LogP contribution in [0.3, 0.4) is 0 Å². The standard InChI is InChI=1S/C18H12N.Y/c1-3-9-15-13(6-1)8-5-11-17(15)18-16-10-4-2-7-14(16)12-19-18;/h1-8,10-11H,12H2;/q-1;. The van der Waals surface area contributed by atoms with Gasteiger partial charge in [-0.05, 0) is 11.1 Å². The zero-order chi connectivity index (χ0) is 12.7. The molecule has 3 aromatic carbocycles. The molecule has 1 aliphatic heterocycles. The summed E-state index contributed by atoms with van der Waals surface area (Å²) < 4.78 is 0. The molecule has 1 radical (unpaired) electrons. The molecule has 0 N–H and O–H groups in total. The van der Waals surface area contributed by atoms with Gasteiger partial charge in [0.25, 0.3) is 0 Å². The Balaban J connectivity index is 0.00000121. The molecule has 0 aliphatic carbocycles. The smallest absolute Gasteiger partial charge is 0.0644 e. The molecule has 20 heavy (non-hydrogen) atoms. The quantitative estimate of drug-likeness (QED) is 0.598. The summed E-state index contributed by atoms with van der Waals surface area (Å²) in [5.41, 5.74) is 4.85. The second kappa shape index (κ2) is 5.59. The maximum absolute atomic E-state index is 4.72. The van der Waals surface area contributed by atoms with Crippen LogP contribution in [0.5, 0.6) is 0 Å². The number of aliphatic imine (C=N–C) groups is 1. The van der Waals surface area contributed by atoms with E-state index >= 15 is 0 Å². The van der Waals surface area contributed by atoms with Crippen LogP contribution in [0, 0.1) is 6.07 Å². The van der Waals surface area contributed by atoms with E-state index in [0.29, 0.717) is 0 Å². The van der Waals surface area contributed by atoms with Crippen molar-refractivity contribution in [1.29, 1.82) is 0 Å². The van der Waals surface area contributed by atoms with Crippen LogP contribution < -0.4 is 0 Å². The van der Waals surface area contributed by atoms with Crippen LogP contribution in [0.15, 0.2) is 65.7 Å². The van der Waals surface area contributed by atoms with Crippen molar-refractivity contribution in [2.45, 2.75) is 6.54 Å². The second-order valence-corrected chi connectivity index (χ2v) is 4.76. The molecule has 0 aromatic heterocycles. The van der Waals surface area contributed by atoms with Crippen LogP contribution in [0.25, 0.3) is 10.8 Å². The Morgan fingerprint density at radius 1 is 0.850 bits per heavy atom. The molecule has 0 unspecified atom stereocenters. The molecular formula is C18H12NY-. The van der Waals surface area contributed by atoms with E-state index in [9.17, 15) is 0 Å². The van der Waals surface area contributed by atoms with Crippen LogP contribution >= 0.6 is 0 Å².